The first-order chi connectivity index (χ1) is 5.92. The summed E-state index contributed by atoms with van der Waals surface area (Å²) in [5, 5.41) is 3.66. The quantitative estimate of drug-likeness (QED) is 0.575. The van der Waals surface area contributed by atoms with Crippen LogP contribution in [0, 0.1) is 0 Å². The van der Waals surface area contributed by atoms with Crippen LogP contribution in [-0.4, -0.2) is 24.7 Å². The topological polar surface area (TPSA) is 52.3 Å². The highest BCUT2D eigenvalue weighted by molar-refractivity contribution is 5.74. The van der Waals surface area contributed by atoms with E-state index >= 15 is 0 Å². The molecule has 0 fully saturated rings. The Morgan fingerprint density at radius 1 is 1.33 bits per heavy atom. The van der Waals surface area contributed by atoms with Crippen molar-refractivity contribution in [1.29, 1.82) is 0 Å². The molecule has 0 unspecified atom stereocenters. The molecular formula is C8H9NO3. The maximum absolute atomic E-state index is 10.5. The van der Waals surface area contributed by atoms with E-state index in [0.29, 0.717) is 18.9 Å². The lowest BCUT2D eigenvalue weighted by atomic mass is 10.1. The van der Waals surface area contributed by atoms with Crippen molar-refractivity contribution in [2.24, 2.45) is 0 Å². The van der Waals surface area contributed by atoms with E-state index in [2.05, 4.69) is 5.16 Å². The van der Waals surface area contributed by atoms with Gasteiger partial charge in [0.1, 0.15) is 11.5 Å². The predicted octanol–water partition coefficient (Wildman–Crippen LogP) is 0.602. The third-order valence-electron chi connectivity index (χ3n) is 1.98. The Morgan fingerprint density at radius 2 is 2.17 bits per heavy atom. The first-order valence-electron chi connectivity index (χ1n) is 3.92. The van der Waals surface area contributed by atoms with Crippen molar-refractivity contribution >= 4 is 6.29 Å². The average molecular weight is 167 g/mol. The molecule has 2 rings (SSSR count). The SMILES string of the molecule is O=Cc1noc2c1CCOCC2. The Balaban J connectivity index is 2.38. The van der Waals surface area contributed by atoms with Crippen LogP contribution in [-0.2, 0) is 17.6 Å². The highest BCUT2D eigenvalue weighted by Crippen LogP contribution is 2.16. The second kappa shape index (κ2) is 3.06. The molecule has 1 aromatic heterocycles. The molecular weight excluding hydrogens is 158 g/mol. The van der Waals surface area contributed by atoms with Crippen LogP contribution in [0.5, 0.6) is 0 Å². The monoisotopic (exact) mass is 167 g/mol. The summed E-state index contributed by atoms with van der Waals surface area (Å²) < 4.78 is 10.2. The van der Waals surface area contributed by atoms with E-state index in [1.165, 1.54) is 0 Å². The summed E-state index contributed by atoms with van der Waals surface area (Å²) >= 11 is 0. The fourth-order valence-electron chi connectivity index (χ4n) is 1.36. The Labute approximate surface area is 69.5 Å². The number of nitrogens with zero attached hydrogens (tertiary/aromatic N) is 1. The molecule has 1 aromatic rings. The number of hydrogen-bond acceptors (Lipinski definition) is 4. The molecule has 0 spiro atoms. The van der Waals surface area contributed by atoms with Gasteiger partial charge >= 0.3 is 0 Å². The van der Waals surface area contributed by atoms with Gasteiger partial charge in [-0.05, 0) is 0 Å². The number of carbonyl (C=O) groups is 1. The van der Waals surface area contributed by atoms with E-state index in [-0.39, 0.29) is 0 Å². The van der Waals surface area contributed by atoms with Gasteiger partial charge in [0.2, 0.25) is 0 Å². The molecule has 64 valence electrons. The van der Waals surface area contributed by atoms with Crippen molar-refractivity contribution in [2.75, 3.05) is 13.2 Å². The van der Waals surface area contributed by atoms with E-state index in [4.69, 9.17) is 9.26 Å². The summed E-state index contributed by atoms with van der Waals surface area (Å²) in [5.41, 5.74) is 1.35. The maximum Gasteiger partial charge on any atom is 0.172 e. The third kappa shape index (κ3) is 1.14. The first kappa shape index (κ1) is 7.49. The first-order valence-corrected chi connectivity index (χ1v) is 3.92. The smallest absolute Gasteiger partial charge is 0.172 e. The molecule has 4 heteroatoms. The van der Waals surface area contributed by atoms with Crippen molar-refractivity contribution in [1.82, 2.24) is 5.16 Å². The van der Waals surface area contributed by atoms with Gasteiger partial charge in [0.25, 0.3) is 0 Å². The van der Waals surface area contributed by atoms with E-state index in [1.807, 2.05) is 0 Å². The average Bonchev–Trinajstić information content (AvgIpc) is 2.33. The van der Waals surface area contributed by atoms with Gasteiger partial charge in [0.05, 0.1) is 13.2 Å². The van der Waals surface area contributed by atoms with Crippen LogP contribution >= 0.6 is 0 Å². The van der Waals surface area contributed by atoms with Gasteiger partial charge in [-0.3, -0.25) is 4.79 Å². The minimum atomic E-state index is 0.426. The molecule has 4 nitrogen and oxygen atoms in total. The fraction of sp³-hybridized carbons (Fsp3) is 0.500. The van der Waals surface area contributed by atoms with Gasteiger partial charge in [0.15, 0.2) is 6.29 Å². The Kier molecular flexibility index (Phi) is 1.91. The van der Waals surface area contributed by atoms with Crippen LogP contribution in [0.25, 0.3) is 0 Å². The van der Waals surface area contributed by atoms with Crippen LogP contribution in [0.2, 0.25) is 0 Å². The van der Waals surface area contributed by atoms with Gasteiger partial charge in [-0.1, -0.05) is 5.16 Å². The standard InChI is InChI=1S/C8H9NO3/c10-5-7-6-1-3-11-4-2-8(6)12-9-7/h5H,1-4H2. The molecule has 0 amide bonds. The molecule has 0 saturated heterocycles. The molecule has 0 bridgehead atoms. The van der Waals surface area contributed by atoms with Crippen molar-refractivity contribution in [3.63, 3.8) is 0 Å². The number of aromatic nitrogens is 1. The summed E-state index contributed by atoms with van der Waals surface area (Å²) in [6, 6.07) is 0. The second-order valence-electron chi connectivity index (χ2n) is 2.70. The summed E-state index contributed by atoms with van der Waals surface area (Å²) in [6.07, 6.45) is 2.18. The number of carbonyl (C=O) groups excluding carboxylic acids is 1. The molecule has 0 aromatic carbocycles. The maximum atomic E-state index is 10.5. The lowest BCUT2D eigenvalue weighted by molar-refractivity contribution is 0.111. The van der Waals surface area contributed by atoms with Gasteiger partial charge < -0.3 is 9.26 Å². The van der Waals surface area contributed by atoms with E-state index in [0.717, 1.165) is 30.5 Å². The van der Waals surface area contributed by atoms with Gasteiger partial charge in [0, 0.05) is 18.4 Å². The lowest BCUT2D eigenvalue weighted by Gasteiger charge is -1.93. The van der Waals surface area contributed by atoms with Crippen molar-refractivity contribution < 1.29 is 14.1 Å². The second-order valence-corrected chi connectivity index (χ2v) is 2.70. The van der Waals surface area contributed by atoms with Crippen LogP contribution in [0.3, 0.4) is 0 Å². The summed E-state index contributed by atoms with van der Waals surface area (Å²) in [5.74, 6) is 0.801. The van der Waals surface area contributed by atoms with Crippen molar-refractivity contribution in [3.8, 4) is 0 Å². The van der Waals surface area contributed by atoms with E-state index in [9.17, 15) is 4.79 Å². The number of hydrogen-bond donors (Lipinski definition) is 0. The summed E-state index contributed by atoms with van der Waals surface area (Å²) in [7, 11) is 0. The minimum absolute atomic E-state index is 0.426. The van der Waals surface area contributed by atoms with Gasteiger partial charge in [-0.25, -0.2) is 0 Å². The number of rotatable bonds is 1. The minimum Gasteiger partial charge on any atom is -0.381 e. The van der Waals surface area contributed by atoms with Crippen molar-refractivity contribution in [2.45, 2.75) is 12.8 Å². The number of ether oxygens (including phenoxy) is 1. The Bertz CT molecular complexity index is 292. The Morgan fingerprint density at radius 3 is 3.00 bits per heavy atom. The van der Waals surface area contributed by atoms with Crippen molar-refractivity contribution in [3.05, 3.63) is 17.0 Å². The number of aldehydes is 1. The normalized spacial score (nSPS) is 16.7. The van der Waals surface area contributed by atoms with Crippen LogP contribution in [0.15, 0.2) is 4.52 Å². The molecule has 0 radical (unpaired) electrons. The predicted molar refractivity (Wildman–Crippen MR) is 40.1 cm³/mol. The fourth-order valence-corrected chi connectivity index (χ4v) is 1.36. The molecule has 2 heterocycles. The highest BCUT2D eigenvalue weighted by Gasteiger charge is 2.17. The molecule has 0 atom stereocenters. The van der Waals surface area contributed by atoms with E-state index < -0.39 is 0 Å². The summed E-state index contributed by atoms with van der Waals surface area (Å²) in [6.45, 7) is 1.30. The van der Waals surface area contributed by atoms with Crippen LogP contribution in [0.1, 0.15) is 21.8 Å². The van der Waals surface area contributed by atoms with Gasteiger partial charge in [-0.15, -0.1) is 0 Å². The third-order valence-corrected chi connectivity index (χ3v) is 1.98. The molecule has 12 heavy (non-hydrogen) atoms. The zero-order chi connectivity index (χ0) is 8.39. The highest BCUT2D eigenvalue weighted by atomic mass is 16.5. The molecule has 0 aliphatic carbocycles. The molecule has 1 aliphatic heterocycles. The molecule has 0 N–H and O–H groups in total. The summed E-state index contributed by atoms with van der Waals surface area (Å²) in [4.78, 5) is 10.5. The largest absolute Gasteiger partial charge is 0.381 e. The zero-order valence-electron chi connectivity index (χ0n) is 6.58. The van der Waals surface area contributed by atoms with E-state index in [1.54, 1.807) is 0 Å². The molecule has 0 saturated carbocycles. The molecule has 1 aliphatic rings. The van der Waals surface area contributed by atoms with Crippen LogP contribution in [0.4, 0.5) is 0 Å². The lowest BCUT2D eigenvalue weighted by Crippen LogP contribution is -1.96. The van der Waals surface area contributed by atoms with Gasteiger partial charge in [-0.2, -0.15) is 0 Å². The Hall–Kier alpha value is -1.16. The van der Waals surface area contributed by atoms with Crippen LogP contribution < -0.4 is 0 Å². The zero-order valence-corrected chi connectivity index (χ0v) is 6.58. The number of fused-ring (bicyclic) bond motifs is 1.